The summed E-state index contributed by atoms with van der Waals surface area (Å²) in [5.74, 6) is 0.901. The second-order valence-corrected chi connectivity index (χ2v) is 4.42. The molecule has 1 saturated heterocycles. The van der Waals surface area contributed by atoms with Crippen LogP contribution in [0.4, 0.5) is 5.69 Å². The smallest absolute Gasteiger partial charge is 0.123 e. The van der Waals surface area contributed by atoms with Crippen LogP contribution < -0.4 is 9.64 Å². The zero-order valence-corrected chi connectivity index (χ0v) is 9.49. The monoisotopic (exact) mass is 207 g/mol. The zero-order chi connectivity index (χ0) is 10.9. The van der Waals surface area contributed by atoms with Crippen molar-refractivity contribution in [1.82, 2.24) is 0 Å². The summed E-state index contributed by atoms with van der Waals surface area (Å²) in [4.78, 5) is 2.06. The van der Waals surface area contributed by atoms with Gasteiger partial charge in [0.25, 0.3) is 0 Å². The molecule has 2 rings (SSSR count). The molecule has 1 aromatic carbocycles. The predicted octanol–water partition coefficient (Wildman–Crippen LogP) is 1.92. The number of nitrogens with zero attached hydrogens (tertiary/aromatic N) is 1. The quantitative estimate of drug-likeness (QED) is 0.705. The lowest BCUT2D eigenvalue weighted by Crippen LogP contribution is -2.17. The SMILES string of the molecule is CN(C)c1cccc(OCC2(C)CO2)c1. The number of epoxide rings is 1. The zero-order valence-electron chi connectivity index (χ0n) is 9.49. The van der Waals surface area contributed by atoms with Crippen molar-refractivity contribution in [3.8, 4) is 5.75 Å². The molecule has 0 aromatic heterocycles. The molecular weight excluding hydrogens is 190 g/mol. The normalized spacial score (nSPS) is 23.7. The number of ether oxygens (including phenoxy) is 2. The van der Waals surface area contributed by atoms with Gasteiger partial charge in [-0.25, -0.2) is 0 Å². The molecule has 1 atom stereocenters. The molecule has 3 heteroatoms. The molecule has 0 aliphatic carbocycles. The minimum Gasteiger partial charge on any atom is -0.490 e. The molecule has 82 valence electrons. The first-order chi connectivity index (χ1) is 7.09. The molecule has 1 aromatic rings. The minimum atomic E-state index is -0.0475. The maximum Gasteiger partial charge on any atom is 0.123 e. The summed E-state index contributed by atoms with van der Waals surface area (Å²) in [6.45, 7) is 3.49. The van der Waals surface area contributed by atoms with Gasteiger partial charge in [-0.2, -0.15) is 0 Å². The molecule has 0 radical (unpaired) electrons. The molecule has 0 amide bonds. The van der Waals surface area contributed by atoms with Crippen molar-refractivity contribution in [2.45, 2.75) is 12.5 Å². The van der Waals surface area contributed by atoms with Crippen molar-refractivity contribution in [2.24, 2.45) is 0 Å². The van der Waals surface area contributed by atoms with Gasteiger partial charge in [0.15, 0.2) is 0 Å². The summed E-state index contributed by atoms with van der Waals surface area (Å²) >= 11 is 0. The molecule has 0 saturated carbocycles. The Morgan fingerprint density at radius 1 is 1.47 bits per heavy atom. The van der Waals surface area contributed by atoms with Gasteiger partial charge >= 0.3 is 0 Å². The van der Waals surface area contributed by atoms with Crippen molar-refractivity contribution in [3.63, 3.8) is 0 Å². The fourth-order valence-electron chi connectivity index (χ4n) is 1.29. The van der Waals surface area contributed by atoms with E-state index in [1.165, 1.54) is 0 Å². The summed E-state index contributed by atoms with van der Waals surface area (Å²) in [6, 6.07) is 8.06. The van der Waals surface area contributed by atoms with Gasteiger partial charge in [-0.05, 0) is 19.1 Å². The summed E-state index contributed by atoms with van der Waals surface area (Å²) in [5, 5.41) is 0. The van der Waals surface area contributed by atoms with Gasteiger partial charge in [0, 0.05) is 25.8 Å². The van der Waals surface area contributed by atoms with Gasteiger partial charge in [-0.15, -0.1) is 0 Å². The molecule has 0 N–H and O–H groups in total. The van der Waals surface area contributed by atoms with Crippen LogP contribution in [0.15, 0.2) is 24.3 Å². The first kappa shape index (κ1) is 10.3. The van der Waals surface area contributed by atoms with Crippen LogP contribution in [0.5, 0.6) is 5.75 Å². The highest BCUT2D eigenvalue weighted by Gasteiger charge is 2.40. The molecule has 1 fully saturated rings. The fraction of sp³-hybridized carbons (Fsp3) is 0.500. The van der Waals surface area contributed by atoms with E-state index in [-0.39, 0.29) is 5.60 Å². The lowest BCUT2D eigenvalue weighted by Gasteiger charge is -2.14. The maximum atomic E-state index is 5.67. The van der Waals surface area contributed by atoms with Crippen LogP contribution >= 0.6 is 0 Å². The van der Waals surface area contributed by atoms with Gasteiger partial charge in [0.2, 0.25) is 0 Å². The Kier molecular flexibility index (Phi) is 2.57. The topological polar surface area (TPSA) is 25.0 Å². The van der Waals surface area contributed by atoms with E-state index in [1.54, 1.807) is 0 Å². The molecule has 1 aliphatic heterocycles. The Hall–Kier alpha value is -1.22. The maximum absolute atomic E-state index is 5.67. The number of hydrogen-bond donors (Lipinski definition) is 0. The van der Waals surface area contributed by atoms with E-state index >= 15 is 0 Å². The van der Waals surface area contributed by atoms with E-state index in [4.69, 9.17) is 9.47 Å². The molecule has 0 bridgehead atoms. The van der Waals surface area contributed by atoms with Crippen molar-refractivity contribution in [1.29, 1.82) is 0 Å². The van der Waals surface area contributed by atoms with Crippen LogP contribution in [0.2, 0.25) is 0 Å². The van der Waals surface area contributed by atoms with Gasteiger partial charge < -0.3 is 14.4 Å². The van der Waals surface area contributed by atoms with Crippen molar-refractivity contribution >= 4 is 5.69 Å². The Balaban J connectivity index is 1.98. The highest BCUT2D eigenvalue weighted by Crippen LogP contribution is 2.27. The standard InChI is InChI=1S/C12H17NO2/c1-12(9-15-12)8-14-11-6-4-5-10(7-11)13(2)3/h4-7H,8-9H2,1-3H3. The third kappa shape index (κ3) is 2.63. The third-order valence-corrected chi connectivity index (χ3v) is 2.52. The molecule has 1 aliphatic rings. The van der Waals surface area contributed by atoms with Gasteiger partial charge in [-0.1, -0.05) is 6.07 Å². The van der Waals surface area contributed by atoms with Crippen molar-refractivity contribution in [3.05, 3.63) is 24.3 Å². The lowest BCUT2D eigenvalue weighted by atomic mass is 10.2. The molecule has 0 spiro atoms. The molecule has 1 heterocycles. The summed E-state index contributed by atoms with van der Waals surface area (Å²) in [7, 11) is 4.04. The Morgan fingerprint density at radius 3 is 2.80 bits per heavy atom. The summed E-state index contributed by atoms with van der Waals surface area (Å²) in [5.41, 5.74) is 1.10. The third-order valence-electron chi connectivity index (χ3n) is 2.52. The van der Waals surface area contributed by atoms with E-state index in [0.29, 0.717) is 6.61 Å². The second kappa shape index (κ2) is 3.74. The Morgan fingerprint density at radius 2 is 2.20 bits per heavy atom. The highest BCUT2D eigenvalue weighted by molar-refractivity contribution is 5.49. The minimum absolute atomic E-state index is 0.0475. The van der Waals surface area contributed by atoms with Crippen molar-refractivity contribution in [2.75, 3.05) is 32.2 Å². The lowest BCUT2D eigenvalue weighted by molar-refractivity contribution is 0.202. The van der Waals surface area contributed by atoms with Crippen LogP contribution in [0.3, 0.4) is 0 Å². The fourth-order valence-corrected chi connectivity index (χ4v) is 1.29. The van der Waals surface area contributed by atoms with E-state index in [9.17, 15) is 0 Å². The molecular formula is C12H17NO2. The number of rotatable bonds is 4. The first-order valence-electron chi connectivity index (χ1n) is 5.13. The molecule has 3 nitrogen and oxygen atoms in total. The first-order valence-corrected chi connectivity index (χ1v) is 5.13. The van der Waals surface area contributed by atoms with Gasteiger partial charge in [0.05, 0.1) is 6.61 Å². The predicted molar refractivity (Wildman–Crippen MR) is 60.6 cm³/mol. The van der Waals surface area contributed by atoms with E-state index in [0.717, 1.165) is 18.0 Å². The van der Waals surface area contributed by atoms with E-state index in [2.05, 4.69) is 17.9 Å². The summed E-state index contributed by atoms with van der Waals surface area (Å²) < 4.78 is 10.9. The Bertz CT molecular complexity index is 345. The van der Waals surface area contributed by atoms with E-state index in [1.807, 2.05) is 32.3 Å². The van der Waals surface area contributed by atoms with Crippen LogP contribution in [-0.4, -0.2) is 32.9 Å². The molecule has 15 heavy (non-hydrogen) atoms. The number of anilines is 1. The largest absolute Gasteiger partial charge is 0.490 e. The Labute approximate surface area is 90.6 Å². The van der Waals surface area contributed by atoms with E-state index < -0.39 is 0 Å². The van der Waals surface area contributed by atoms with Crippen LogP contribution in [-0.2, 0) is 4.74 Å². The highest BCUT2D eigenvalue weighted by atomic mass is 16.6. The second-order valence-electron chi connectivity index (χ2n) is 4.42. The van der Waals surface area contributed by atoms with Crippen LogP contribution in [0, 0.1) is 0 Å². The van der Waals surface area contributed by atoms with Gasteiger partial charge in [-0.3, -0.25) is 0 Å². The van der Waals surface area contributed by atoms with Gasteiger partial charge in [0.1, 0.15) is 18.0 Å². The van der Waals surface area contributed by atoms with Crippen LogP contribution in [0.25, 0.3) is 0 Å². The van der Waals surface area contributed by atoms with Crippen molar-refractivity contribution < 1.29 is 9.47 Å². The van der Waals surface area contributed by atoms with Crippen LogP contribution in [0.1, 0.15) is 6.92 Å². The average molecular weight is 207 g/mol. The number of benzene rings is 1. The average Bonchev–Trinajstić information content (AvgIpc) is 2.95. The summed E-state index contributed by atoms with van der Waals surface area (Å²) in [6.07, 6.45) is 0. The molecule has 1 unspecified atom stereocenters. The number of hydrogen-bond acceptors (Lipinski definition) is 3.